The van der Waals surface area contributed by atoms with Crippen molar-refractivity contribution in [3.63, 3.8) is 0 Å². The zero-order chi connectivity index (χ0) is 15.5. The van der Waals surface area contributed by atoms with Gasteiger partial charge in [-0.2, -0.15) is 0 Å². The molecule has 2 rings (SSSR count). The van der Waals surface area contributed by atoms with Crippen LogP contribution in [0.4, 0.5) is 5.13 Å². The van der Waals surface area contributed by atoms with Gasteiger partial charge in [0.25, 0.3) is 0 Å². The van der Waals surface area contributed by atoms with Crippen molar-refractivity contribution in [1.29, 1.82) is 0 Å². The van der Waals surface area contributed by atoms with Crippen LogP contribution in [0.3, 0.4) is 0 Å². The number of nitrogens with one attached hydrogen (secondary N) is 1. The summed E-state index contributed by atoms with van der Waals surface area (Å²) in [5, 5.41) is 11.1. The summed E-state index contributed by atoms with van der Waals surface area (Å²) < 4.78 is 29.9. The fourth-order valence-corrected chi connectivity index (χ4v) is 3.69. The molecule has 0 aliphatic heterocycles. The van der Waals surface area contributed by atoms with Gasteiger partial charge in [-0.15, -0.1) is 10.2 Å². The van der Waals surface area contributed by atoms with Gasteiger partial charge in [-0.3, -0.25) is 0 Å². The lowest BCUT2D eigenvalue weighted by Gasteiger charge is -1.98. The van der Waals surface area contributed by atoms with E-state index in [2.05, 4.69) is 20.5 Å². The molecule has 0 aliphatic carbocycles. The quantitative estimate of drug-likeness (QED) is 0.832. The Hall–Kier alpha value is -1.48. The van der Waals surface area contributed by atoms with Crippen LogP contribution in [0.15, 0.2) is 15.0 Å². The van der Waals surface area contributed by atoms with E-state index in [1.807, 2.05) is 20.8 Å². The number of aromatic nitrogens is 3. The summed E-state index contributed by atoms with van der Waals surface area (Å²) in [6.07, 6.45) is 2.49. The van der Waals surface area contributed by atoms with Crippen molar-refractivity contribution in [2.45, 2.75) is 43.2 Å². The number of anilines is 1. The van der Waals surface area contributed by atoms with Crippen LogP contribution in [0, 0.1) is 0 Å². The van der Waals surface area contributed by atoms with Crippen molar-refractivity contribution in [3.05, 3.63) is 17.8 Å². The molecule has 0 aliphatic rings. The molecule has 2 aromatic heterocycles. The number of hydrogen-bond acceptors (Lipinski definition) is 8. The van der Waals surface area contributed by atoms with Gasteiger partial charge >= 0.3 is 0 Å². The van der Waals surface area contributed by atoms with Gasteiger partial charge in [0.2, 0.25) is 25.2 Å². The Morgan fingerprint density at radius 2 is 2.14 bits per heavy atom. The molecule has 0 unspecified atom stereocenters. The van der Waals surface area contributed by atoms with E-state index in [-0.39, 0.29) is 21.9 Å². The Balaban J connectivity index is 2.11. The number of nitrogens with zero attached hydrogens (tertiary/aromatic N) is 3. The highest BCUT2D eigenvalue weighted by Crippen LogP contribution is 2.24. The van der Waals surface area contributed by atoms with Crippen LogP contribution in [0.5, 0.6) is 0 Å². The standard InChI is InChI=1S/C12H18N4O3S2/c1-4-5-13-11-15-16-12(20-11)21(17,18)7-10-14-6-9(19-10)8(2)3/h6,8H,4-5,7H2,1-3H3,(H,13,15). The Bertz CT molecular complexity index is 691. The van der Waals surface area contributed by atoms with E-state index in [4.69, 9.17) is 4.42 Å². The molecule has 1 N–H and O–H groups in total. The van der Waals surface area contributed by atoms with Gasteiger partial charge < -0.3 is 9.73 Å². The highest BCUT2D eigenvalue weighted by molar-refractivity contribution is 7.92. The molecule has 7 nitrogen and oxygen atoms in total. The Labute approximate surface area is 127 Å². The average molecular weight is 330 g/mol. The van der Waals surface area contributed by atoms with Crippen LogP contribution < -0.4 is 5.32 Å². The molecule has 2 aromatic rings. The fraction of sp³-hybridized carbons (Fsp3) is 0.583. The normalized spacial score (nSPS) is 12.0. The maximum atomic E-state index is 12.2. The van der Waals surface area contributed by atoms with Gasteiger partial charge in [-0.05, 0) is 6.42 Å². The summed E-state index contributed by atoms with van der Waals surface area (Å²) in [6, 6.07) is 0. The molecule has 0 amide bonds. The lowest BCUT2D eigenvalue weighted by molar-refractivity contribution is 0.450. The topological polar surface area (TPSA) is 98.0 Å². The van der Waals surface area contributed by atoms with Crippen LogP contribution in [-0.4, -0.2) is 30.1 Å². The molecule has 0 saturated carbocycles. The first-order valence-corrected chi connectivity index (χ1v) is 9.14. The lowest BCUT2D eigenvalue weighted by atomic mass is 10.2. The Kier molecular flexibility index (Phi) is 4.94. The van der Waals surface area contributed by atoms with Gasteiger partial charge in [-0.1, -0.05) is 32.1 Å². The van der Waals surface area contributed by atoms with Gasteiger partial charge in [-0.25, -0.2) is 13.4 Å². The third-order valence-corrected chi connectivity index (χ3v) is 5.58. The zero-order valence-corrected chi connectivity index (χ0v) is 13.8. The van der Waals surface area contributed by atoms with Crippen molar-refractivity contribution in [2.24, 2.45) is 0 Å². The van der Waals surface area contributed by atoms with Gasteiger partial charge in [0.1, 0.15) is 11.5 Å². The smallest absolute Gasteiger partial charge is 0.234 e. The van der Waals surface area contributed by atoms with Gasteiger partial charge in [0.15, 0.2) is 0 Å². The van der Waals surface area contributed by atoms with Crippen molar-refractivity contribution >= 4 is 26.3 Å². The number of hydrogen-bond donors (Lipinski definition) is 1. The first-order chi connectivity index (χ1) is 9.92. The molecule has 0 radical (unpaired) electrons. The van der Waals surface area contributed by atoms with E-state index in [0.29, 0.717) is 10.9 Å². The SMILES string of the molecule is CCCNc1nnc(S(=O)(=O)Cc2ncc(C(C)C)o2)s1. The van der Waals surface area contributed by atoms with Crippen molar-refractivity contribution in [2.75, 3.05) is 11.9 Å². The van der Waals surface area contributed by atoms with E-state index < -0.39 is 9.84 Å². The molecule has 116 valence electrons. The monoisotopic (exact) mass is 330 g/mol. The van der Waals surface area contributed by atoms with Crippen LogP contribution in [0.25, 0.3) is 0 Å². The van der Waals surface area contributed by atoms with E-state index >= 15 is 0 Å². The molecule has 0 aromatic carbocycles. The number of sulfone groups is 1. The molecule has 0 bridgehead atoms. The molecule has 2 heterocycles. The van der Waals surface area contributed by atoms with Crippen molar-refractivity contribution in [3.8, 4) is 0 Å². The van der Waals surface area contributed by atoms with E-state index in [1.165, 1.54) is 0 Å². The van der Waals surface area contributed by atoms with Crippen LogP contribution in [-0.2, 0) is 15.6 Å². The molecular weight excluding hydrogens is 312 g/mol. The second-order valence-corrected chi connectivity index (χ2v) is 8.01. The predicted molar refractivity (Wildman–Crippen MR) is 80.2 cm³/mol. The van der Waals surface area contributed by atoms with Crippen molar-refractivity contribution in [1.82, 2.24) is 15.2 Å². The van der Waals surface area contributed by atoms with Crippen molar-refractivity contribution < 1.29 is 12.8 Å². The lowest BCUT2D eigenvalue weighted by Crippen LogP contribution is -2.04. The van der Waals surface area contributed by atoms with E-state index in [1.54, 1.807) is 6.20 Å². The maximum Gasteiger partial charge on any atom is 0.234 e. The highest BCUT2D eigenvalue weighted by Gasteiger charge is 2.24. The molecule has 0 atom stereocenters. The van der Waals surface area contributed by atoms with Crippen LogP contribution >= 0.6 is 11.3 Å². The summed E-state index contributed by atoms with van der Waals surface area (Å²) >= 11 is 1.02. The number of oxazole rings is 1. The first kappa shape index (κ1) is 15.9. The summed E-state index contributed by atoms with van der Waals surface area (Å²) in [6.45, 7) is 6.65. The Morgan fingerprint density at radius 3 is 2.76 bits per heavy atom. The molecule has 0 fully saturated rings. The third-order valence-electron chi connectivity index (χ3n) is 2.65. The molecule has 0 spiro atoms. The van der Waals surface area contributed by atoms with Gasteiger partial charge in [0.05, 0.1) is 6.20 Å². The minimum Gasteiger partial charge on any atom is -0.444 e. The largest absolute Gasteiger partial charge is 0.444 e. The number of rotatable bonds is 7. The van der Waals surface area contributed by atoms with Crippen LogP contribution in [0.1, 0.15) is 44.8 Å². The first-order valence-electron chi connectivity index (χ1n) is 6.67. The fourth-order valence-electron chi connectivity index (χ4n) is 1.52. The molecule has 21 heavy (non-hydrogen) atoms. The Morgan fingerprint density at radius 1 is 1.38 bits per heavy atom. The second-order valence-electron chi connectivity index (χ2n) is 4.87. The predicted octanol–water partition coefficient (Wildman–Crippen LogP) is 2.45. The highest BCUT2D eigenvalue weighted by atomic mass is 32.2. The maximum absolute atomic E-state index is 12.2. The minimum absolute atomic E-state index is 0.0228. The summed E-state index contributed by atoms with van der Waals surface area (Å²) in [5.41, 5.74) is 0. The molecule has 9 heteroatoms. The summed E-state index contributed by atoms with van der Waals surface area (Å²) in [5.74, 6) is 0.711. The van der Waals surface area contributed by atoms with Gasteiger partial charge in [0, 0.05) is 12.5 Å². The zero-order valence-electron chi connectivity index (χ0n) is 12.2. The molecular formula is C12H18N4O3S2. The third kappa shape index (κ3) is 4.01. The van der Waals surface area contributed by atoms with E-state index in [0.717, 1.165) is 24.3 Å². The summed E-state index contributed by atoms with van der Waals surface area (Å²) in [4.78, 5) is 4.00. The summed E-state index contributed by atoms with van der Waals surface area (Å²) in [7, 11) is -3.58. The molecule has 0 saturated heterocycles. The second kappa shape index (κ2) is 6.52. The minimum atomic E-state index is -3.58. The average Bonchev–Trinajstić information content (AvgIpc) is 3.04. The van der Waals surface area contributed by atoms with Crippen LogP contribution in [0.2, 0.25) is 0 Å². The van der Waals surface area contributed by atoms with E-state index in [9.17, 15) is 8.42 Å².